The normalized spacial score (nSPS) is 20.3. The number of nitrogens with one attached hydrogen (secondary N) is 1. The Labute approximate surface area is 107 Å². The first-order valence-electron chi connectivity index (χ1n) is 6.84. The maximum absolute atomic E-state index is 6.03. The Bertz CT molecular complexity index is 438. The molecule has 2 heterocycles. The summed E-state index contributed by atoms with van der Waals surface area (Å²) in [6.07, 6.45) is 8.06. The highest BCUT2D eigenvalue weighted by molar-refractivity contribution is 6.00. The third kappa shape index (κ3) is 2.47. The van der Waals surface area contributed by atoms with Crippen LogP contribution in [0.5, 0.6) is 5.88 Å². The fraction of sp³-hybridized carbons (Fsp3) is 0.571. The van der Waals surface area contributed by atoms with E-state index < -0.39 is 0 Å². The Morgan fingerprint density at radius 3 is 2.89 bits per heavy atom. The van der Waals surface area contributed by atoms with Crippen molar-refractivity contribution in [2.24, 2.45) is 4.99 Å². The maximum atomic E-state index is 6.03. The molecule has 0 bridgehead atoms. The van der Waals surface area contributed by atoms with Crippen molar-refractivity contribution >= 4 is 5.84 Å². The van der Waals surface area contributed by atoms with Crippen LogP contribution >= 0.6 is 0 Å². The van der Waals surface area contributed by atoms with Gasteiger partial charge in [-0.1, -0.05) is 0 Å². The summed E-state index contributed by atoms with van der Waals surface area (Å²) in [7, 11) is 0. The van der Waals surface area contributed by atoms with E-state index >= 15 is 0 Å². The zero-order valence-corrected chi connectivity index (χ0v) is 10.6. The number of pyridine rings is 1. The summed E-state index contributed by atoms with van der Waals surface area (Å²) in [4.78, 5) is 8.89. The Hall–Kier alpha value is -1.58. The van der Waals surface area contributed by atoms with E-state index in [1.807, 2.05) is 12.1 Å². The van der Waals surface area contributed by atoms with E-state index in [0.29, 0.717) is 6.10 Å². The summed E-state index contributed by atoms with van der Waals surface area (Å²) in [5, 5.41) is 3.33. The van der Waals surface area contributed by atoms with Gasteiger partial charge in [0.2, 0.25) is 5.88 Å². The van der Waals surface area contributed by atoms with Gasteiger partial charge in [0.15, 0.2) is 0 Å². The maximum Gasteiger partial charge on any atom is 0.224 e. The Morgan fingerprint density at radius 1 is 1.22 bits per heavy atom. The molecule has 2 aliphatic rings. The lowest BCUT2D eigenvalue weighted by atomic mass is 10.2. The van der Waals surface area contributed by atoms with Crippen LogP contribution in [0.25, 0.3) is 0 Å². The second-order valence-corrected chi connectivity index (χ2v) is 4.89. The molecule has 0 amide bonds. The third-order valence-electron chi connectivity index (χ3n) is 3.50. The minimum absolute atomic E-state index is 0.336. The van der Waals surface area contributed by atoms with Gasteiger partial charge >= 0.3 is 0 Å². The number of hydrogen-bond donors (Lipinski definition) is 1. The molecule has 4 heteroatoms. The van der Waals surface area contributed by atoms with E-state index in [9.17, 15) is 0 Å². The second-order valence-electron chi connectivity index (χ2n) is 4.89. The number of aliphatic imine (C=N–C) groups is 1. The lowest BCUT2D eigenvalue weighted by Gasteiger charge is -2.19. The van der Waals surface area contributed by atoms with Crippen molar-refractivity contribution in [3.05, 3.63) is 23.9 Å². The van der Waals surface area contributed by atoms with Crippen LogP contribution in [0.4, 0.5) is 0 Å². The highest BCUT2D eigenvalue weighted by Gasteiger charge is 2.20. The fourth-order valence-corrected chi connectivity index (χ4v) is 2.54. The largest absolute Gasteiger partial charge is 0.474 e. The highest BCUT2D eigenvalue weighted by Crippen LogP contribution is 2.25. The molecule has 0 aromatic carbocycles. The van der Waals surface area contributed by atoms with Gasteiger partial charge in [-0.15, -0.1) is 0 Å². The van der Waals surface area contributed by atoms with Crippen LogP contribution in [0.15, 0.2) is 23.3 Å². The van der Waals surface area contributed by atoms with Crippen molar-refractivity contribution < 1.29 is 4.74 Å². The van der Waals surface area contributed by atoms with Crippen molar-refractivity contribution in [2.45, 2.75) is 38.2 Å². The summed E-state index contributed by atoms with van der Waals surface area (Å²) in [5.41, 5.74) is 1.00. The first-order chi connectivity index (χ1) is 8.93. The van der Waals surface area contributed by atoms with Crippen molar-refractivity contribution in [2.75, 3.05) is 13.1 Å². The van der Waals surface area contributed by atoms with Crippen LogP contribution in [0, 0.1) is 0 Å². The molecule has 0 atom stereocenters. The molecule has 0 radical (unpaired) electrons. The lowest BCUT2D eigenvalue weighted by molar-refractivity contribution is 0.201. The highest BCUT2D eigenvalue weighted by atomic mass is 16.5. The number of hydrogen-bond acceptors (Lipinski definition) is 4. The fourth-order valence-electron chi connectivity index (χ4n) is 2.54. The molecule has 1 N–H and O–H groups in total. The average Bonchev–Trinajstić information content (AvgIpc) is 2.93. The standard InChI is InChI=1S/C14H19N3O/c1-2-6-11(5-1)18-14-12(7-3-8-17-14)13-15-9-4-10-16-13/h3,7-8,11H,1-2,4-6,9-10H2,(H,15,16). The number of amidine groups is 1. The van der Waals surface area contributed by atoms with E-state index in [1.54, 1.807) is 6.20 Å². The lowest BCUT2D eigenvalue weighted by Crippen LogP contribution is -2.31. The van der Waals surface area contributed by atoms with Gasteiger partial charge in [0.25, 0.3) is 0 Å². The van der Waals surface area contributed by atoms with Gasteiger partial charge in [0.1, 0.15) is 11.9 Å². The molecule has 1 saturated carbocycles. The van der Waals surface area contributed by atoms with E-state index in [4.69, 9.17) is 4.74 Å². The molecule has 96 valence electrons. The Balaban J connectivity index is 1.82. The quantitative estimate of drug-likeness (QED) is 0.887. The van der Waals surface area contributed by atoms with Crippen LogP contribution in [-0.2, 0) is 0 Å². The minimum Gasteiger partial charge on any atom is -0.474 e. The summed E-state index contributed by atoms with van der Waals surface area (Å²) >= 11 is 0. The van der Waals surface area contributed by atoms with Gasteiger partial charge in [-0.25, -0.2) is 4.98 Å². The molecule has 1 fully saturated rings. The molecule has 4 nitrogen and oxygen atoms in total. The first-order valence-corrected chi connectivity index (χ1v) is 6.84. The van der Waals surface area contributed by atoms with Gasteiger partial charge in [-0.2, -0.15) is 0 Å². The third-order valence-corrected chi connectivity index (χ3v) is 3.50. The number of rotatable bonds is 3. The molecule has 3 rings (SSSR count). The number of ether oxygens (including phenoxy) is 1. The van der Waals surface area contributed by atoms with Crippen LogP contribution in [0.3, 0.4) is 0 Å². The van der Waals surface area contributed by atoms with Crippen molar-refractivity contribution in [1.82, 2.24) is 10.3 Å². The van der Waals surface area contributed by atoms with Crippen LogP contribution in [-0.4, -0.2) is 30.0 Å². The van der Waals surface area contributed by atoms with Crippen LogP contribution in [0.1, 0.15) is 37.7 Å². The predicted octanol–water partition coefficient (Wildman–Crippen LogP) is 2.14. The summed E-state index contributed by atoms with van der Waals surface area (Å²) in [5.74, 6) is 1.67. The summed E-state index contributed by atoms with van der Waals surface area (Å²) < 4.78 is 6.03. The molecule has 1 aromatic rings. The molecular weight excluding hydrogens is 226 g/mol. The molecule has 0 saturated heterocycles. The van der Waals surface area contributed by atoms with E-state index in [1.165, 1.54) is 12.8 Å². The zero-order chi connectivity index (χ0) is 12.2. The monoisotopic (exact) mass is 245 g/mol. The average molecular weight is 245 g/mol. The van der Waals surface area contributed by atoms with Gasteiger partial charge < -0.3 is 10.1 Å². The SMILES string of the molecule is c1cnc(OC2CCCC2)c(C2=NCCCN2)c1. The zero-order valence-electron chi connectivity index (χ0n) is 10.6. The van der Waals surface area contributed by atoms with Gasteiger partial charge in [0.05, 0.1) is 5.56 Å². The summed E-state index contributed by atoms with van der Waals surface area (Å²) in [6, 6.07) is 3.98. The van der Waals surface area contributed by atoms with Gasteiger partial charge in [0, 0.05) is 19.3 Å². The second kappa shape index (κ2) is 5.38. The van der Waals surface area contributed by atoms with Crippen molar-refractivity contribution in [1.29, 1.82) is 0 Å². The molecule has 0 spiro atoms. The Kier molecular flexibility index (Phi) is 3.44. The van der Waals surface area contributed by atoms with Gasteiger partial charge in [-0.05, 0) is 44.2 Å². The molecule has 1 aromatic heterocycles. The molecule has 0 unspecified atom stereocenters. The summed E-state index contributed by atoms with van der Waals surface area (Å²) in [6.45, 7) is 1.87. The molecular formula is C14H19N3O. The van der Waals surface area contributed by atoms with E-state index in [0.717, 1.165) is 49.6 Å². The number of aromatic nitrogens is 1. The smallest absolute Gasteiger partial charge is 0.224 e. The van der Waals surface area contributed by atoms with Gasteiger partial charge in [-0.3, -0.25) is 4.99 Å². The predicted molar refractivity (Wildman–Crippen MR) is 71.1 cm³/mol. The van der Waals surface area contributed by atoms with Crippen LogP contribution in [0.2, 0.25) is 0 Å². The number of nitrogens with zero attached hydrogens (tertiary/aromatic N) is 2. The van der Waals surface area contributed by atoms with Crippen molar-refractivity contribution in [3.8, 4) is 5.88 Å². The van der Waals surface area contributed by atoms with E-state index in [2.05, 4.69) is 15.3 Å². The van der Waals surface area contributed by atoms with Crippen LogP contribution < -0.4 is 10.1 Å². The molecule has 1 aliphatic carbocycles. The Morgan fingerprint density at radius 2 is 2.11 bits per heavy atom. The minimum atomic E-state index is 0.336. The van der Waals surface area contributed by atoms with E-state index in [-0.39, 0.29) is 0 Å². The topological polar surface area (TPSA) is 46.5 Å². The van der Waals surface area contributed by atoms with Crippen molar-refractivity contribution in [3.63, 3.8) is 0 Å². The molecule has 18 heavy (non-hydrogen) atoms. The molecule has 1 aliphatic heterocycles. The first kappa shape index (κ1) is 11.5.